The lowest BCUT2D eigenvalue weighted by atomic mass is 10.2. The van der Waals surface area contributed by atoms with Crippen molar-refractivity contribution in [2.75, 3.05) is 12.3 Å². The third-order valence-corrected chi connectivity index (χ3v) is 2.96. The lowest BCUT2D eigenvalue weighted by molar-refractivity contribution is 0.0949. The molecule has 4 heteroatoms. The quantitative estimate of drug-likeness (QED) is 0.560. The molecule has 0 fully saturated rings. The summed E-state index contributed by atoms with van der Waals surface area (Å²) in [4.78, 5) is 15.0. The van der Waals surface area contributed by atoms with Crippen molar-refractivity contribution in [1.82, 2.24) is 10.3 Å². The van der Waals surface area contributed by atoms with Crippen molar-refractivity contribution < 1.29 is 4.79 Å². The molecule has 1 aromatic carbocycles. The lowest BCUT2D eigenvalue weighted by Gasteiger charge is -2.02. The van der Waals surface area contributed by atoms with Crippen LogP contribution in [0.5, 0.6) is 0 Å². The van der Waals surface area contributed by atoms with Crippen LogP contribution >= 0.6 is 0 Å². The zero-order valence-electron chi connectivity index (χ0n) is 10.6. The Labute approximate surface area is 107 Å². The van der Waals surface area contributed by atoms with Gasteiger partial charge in [-0.25, -0.2) is 0 Å². The Morgan fingerprint density at radius 2 is 2.17 bits per heavy atom. The van der Waals surface area contributed by atoms with Gasteiger partial charge in [0.2, 0.25) is 0 Å². The molecule has 18 heavy (non-hydrogen) atoms. The van der Waals surface area contributed by atoms with Crippen LogP contribution in [0.15, 0.2) is 24.3 Å². The van der Waals surface area contributed by atoms with Crippen LogP contribution in [0, 0.1) is 0 Å². The zero-order chi connectivity index (χ0) is 13.0. The number of H-pyrrole nitrogens is 1. The van der Waals surface area contributed by atoms with Crippen molar-refractivity contribution in [2.24, 2.45) is 0 Å². The van der Waals surface area contributed by atoms with Crippen LogP contribution in [0.3, 0.4) is 0 Å². The monoisotopic (exact) mass is 245 g/mol. The predicted molar refractivity (Wildman–Crippen MR) is 74.6 cm³/mol. The van der Waals surface area contributed by atoms with Gasteiger partial charge in [0.15, 0.2) is 0 Å². The van der Waals surface area contributed by atoms with Gasteiger partial charge in [0.25, 0.3) is 5.91 Å². The average Bonchev–Trinajstić information content (AvgIpc) is 2.77. The number of anilines is 1. The Morgan fingerprint density at radius 1 is 1.33 bits per heavy atom. The van der Waals surface area contributed by atoms with Gasteiger partial charge in [-0.2, -0.15) is 0 Å². The van der Waals surface area contributed by atoms with Crippen LogP contribution in [0.25, 0.3) is 10.9 Å². The summed E-state index contributed by atoms with van der Waals surface area (Å²) in [7, 11) is 0. The van der Waals surface area contributed by atoms with E-state index in [9.17, 15) is 4.79 Å². The van der Waals surface area contributed by atoms with Gasteiger partial charge in [-0.1, -0.05) is 19.8 Å². The second kappa shape index (κ2) is 5.58. The third-order valence-electron chi connectivity index (χ3n) is 2.96. The highest BCUT2D eigenvalue weighted by Crippen LogP contribution is 2.18. The zero-order valence-corrected chi connectivity index (χ0v) is 10.6. The van der Waals surface area contributed by atoms with E-state index in [2.05, 4.69) is 17.2 Å². The highest BCUT2D eigenvalue weighted by atomic mass is 16.1. The first-order valence-corrected chi connectivity index (χ1v) is 6.37. The number of nitrogens with one attached hydrogen (secondary N) is 2. The summed E-state index contributed by atoms with van der Waals surface area (Å²) in [6, 6.07) is 7.40. The number of fused-ring (bicyclic) bond motifs is 1. The molecular formula is C14H19N3O. The van der Waals surface area contributed by atoms with Gasteiger partial charge in [-0.3, -0.25) is 4.79 Å². The predicted octanol–water partition coefficient (Wildman–Crippen LogP) is 2.67. The number of benzene rings is 1. The van der Waals surface area contributed by atoms with Crippen molar-refractivity contribution in [1.29, 1.82) is 0 Å². The fourth-order valence-corrected chi connectivity index (χ4v) is 1.95. The molecule has 4 nitrogen and oxygen atoms in total. The van der Waals surface area contributed by atoms with E-state index in [4.69, 9.17) is 5.73 Å². The number of hydrogen-bond donors (Lipinski definition) is 3. The molecule has 96 valence electrons. The number of carbonyl (C=O) groups excluding carboxylic acids is 1. The molecule has 1 aromatic heterocycles. The smallest absolute Gasteiger partial charge is 0.267 e. The largest absolute Gasteiger partial charge is 0.399 e. The van der Waals surface area contributed by atoms with E-state index in [-0.39, 0.29) is 5.91 Å². The molecule has 1 heterocycles. The Hall–Kier alpha value is -1.97. The highest BCUT2D eigenvalue weighted by molar-refractivity contribution is 5.98. The van der Waals surface area contributed by atoms with Crippen molar-refractivity contribution in [3.05, 3.63) is 30.0 Å². The van der Waals surface area contributed by atoms with Gasteiger partial charge in [0.1, 0.15) is 5.69 Å². The van der Waals surface area contributed by atoms with E-state index >= 15 is 0 Å². The summed E-state index contributed by atoms with van der Waals surface area (Å²) < 4.78 is 0. The number of nitrogens with two attached hydrogens (primary N) is 1. The van der Waals surface area contributed by atoms with E-state index < -0.39 is 0 Å². The second-order valence-electron chi connectivity index (χ2n) is 4.49. The molecule has 1 amide bonds. The number of rotatable bonds is 5. The molecule has 0 aliphatic heterocycles. The minimum atomic E-state index is -0.0547. The van der Waals surface area contributed by atoms with Crippen LogP contribution in [-0.4, -0.2) is 17.4 Å². The Balaban J connectivity index is 2.04. The van der Waals surface area contributed by atoms with Gasteiger partial charge in [-0.15, -0.1) is 0 Å². The molecule has 0 saturated heterocycles. The van der Waals surface area contributed by atoms with E-state index in [1.54, 1.807) is 0 Å². The van der Waals surface area contributed by atoms with Crippen molar-refractivity contribution in [3.8, 4) is 0 Å². The first kappa shape index (κ1) is 12.5. The van der Waals surface area contributed by atoms with Gasteiger partial charge < -0.3 is 16.0 Å². The molecule has 2 rings (SSSR count). The lowest BCUT2D eigenvalue weighted by Crippen LogP contribution is -2.24. The summed E-state index contributed by atoms with van der Waals surface area (Å²) >= 11 is 0. The second-order valence-corrected chi connectivity index (χ2v) is 4.49. The summed E-state index contributed by atoms with van der Waals surface area (Å²) in [5.41, 5.74) is 7.94. The number of aromatic nitrogens is 1. The standard InChI is InChI=1S/C14H19N3O/c1-2-3-4-7-16-14(18)13-9-10-8-11(15)5-6-12(10)17-13/h5-6,8-9,17H,2-4,7,15H2,1H3,(H,16,18). The molecular weight excluding hydrogens is 226 g/mol. The molecule has 0 unspecified atom stereocenters. The summed E-state index contributed by atoms with van der Waals surface area (Å²) in [5, 5.41) is 3.87. The minimum Gasteiger partial charge on any atom is -0.399 e. The summed E-state index contributed by atoms with van der Waals surface area (Å²) in [6.45, 7) is 2.87. The maximum atomic E-state index is 11.9. The summed E-state index contributed by atoms with van der Waals surface area (Å²) in [5.74, 6) is -0.0547. The Bertz CT molecular complexity index is 545. The normalized spacial score (nSPS) is 10.7. The first-order valence-electron chi connectivity index (χ1n) is 6.37. The molecule has 0 aliphatic rings. The van der Waals surface area contributed by atoms with Crippen LogP contribution in [0.2, 0.25) is 0 Å². The number of aromatic amines is 1. The molecule has 2 aromatic rings. The maximum Gasteiger partial charge on any atom is 0.267 e. The fraction of sp³-hybridized carbons (Fsp3) is 0.357. The molecule has 0 radical (unpaired) electrons. The van der Waals surface area contributed by atoms with E-state index in [0.29, 0.717) is 11.4 Å². The van der Waals surface area contributed by atoms with Crippen molar-refractivity contribution in [3.63, 3.8) is 0 Å². The third kappa shape index (κ3) is 2.83. The molecule has 0 saturated carbocycles. The van der Waals surface area contributed by atoms with Crippen LogP contribution in [0.1, 0.15) is 36.7 Å². The molecule has 0 aliphatic carbocycles. The van der Waals surface area contributed by atoms with E-state index in [1.807, 2.05) is 24.3 Å². The Kier molecular flexibility index (Phi) is 3.87. The highest BCUT2D eigenvalue weighted by Gasteiger charge is 2.08. The van der Waals surface area contributed by atoms with Crippen molar-refractivity contribution >= 4 is 22.5 Å². The number of nitrogen functional groups attached to an aromatic ring is 1. The molecule has 4 N–H and O–H groups in total. The van der Waals surface area contributed by atoms with Crippen LogP contribution in [0.4, 0.5) is 5.69 Å². The number of hydrogen-bond acceptors (Lipinski definition) is 2. The topological polar surface area (TPSA) is 70.9 Å². The van der Waals surface area contributed by atoms with Crippen molar-refractivity contribution in [2.45, 2.75) is 26.2 Å². The van der Waals surface area contributed by atoms with Crippen LogP contribution in [-0.2, 0) is 0 Å². The maximum absolute atomic E-state index is 11.9. The van der Waals surface area contributed by atoms with Gasteiger partial charge in [0.05, 0.1) is 0 Å². The Morgan fingerprint density at radius 3 is 2.94 bits per heavy atom. The van der Waals surface area contributed by atoms with E-state index in [0.717, 1.165) is 36.7 Å². The average molecular weight is 245 g/mol. The fourth-order valence-electron chi connectivity index (χ4n) is 1.95. The number of carbonyl (C=O) groups is 1. The minimum absolute atomic E-state index is 0.0547. The number of unbranched alkanes of at least 4 members (excludes halogenated alkanes) is 2. The van der Waals surface area contributed by atoms with Gasteiger partial charge in [-0.05, 0) is 30.7 Å². The van der Waals surface area contributed by atoms with E-state index in [1.165, 1.54) is 0 Å². The molecule has 0 atom stereocenters. The van der Waals surface area contributed by atoms with Gasteiger partial charge in [0, 0.05) is 23.1 Å². The molecule has 0 bridgehead atoms. The molecule has 0 spiro atoms. The summed E-state index contributed by atoms with van der Waals surface area (Å²) in [6.07, 6.45) is 3.32. The van der Waals surface area contributed by atoms with Crippen LogP contribution < -0.4 is 11.1 Å². The SMILES string of the molecule is CCCCCNC(=O)c1cc2cc(N)ccc2[nH]1. The number of amides is 1. The first-order chi connectivity index (χ1) is 8.70. The van der Waals surface area contributed by atoms with Gasteiger partial charge >= 0.3 is 0 Å².